The molecular formula is C16H22O6. The second kappa shape index (κ2) is 8.36. The molecule has 0 radical (unpaired) electrons. The molecule has 6 nitrogen and oxygen atoms in total. The number of carbonyl (C=O) groups is 1. The Balaban J connectivity index is 2.12. The van der Waals surface area contributed by atoms with Crippen molar-refractivity contribution in [2.24, 2.45) is 0 Å². The first-order valence-electron chi connectivity index (χ1n) is 7.09. The van der Waals surface area contributed by atoms with Crippen molar-refractivity contribution >= 4 is 6.29 Å². The standard InChI is InChI=1S/C16H22O6/c1-18-14-13(21-10-11-7-5-4-6-8-11)12(9-17)22-16(20-3)15(14)19-2/h4-9,12-16H,10H2,1-3H3/t12?,13?,14-,15+,16?/m0/s1. The third-order valence-corrected chi connectivity index (χ3v) is 3.73. The van der Waals surface area contributed by atoms with Crippen molar-refractivity contribution in [2.45, 2.75) is 37.3 Å². The van der Waals surface area contributed by atoms with Crippen molar-refractivity contribution < 1.29 is 28.5 Å². The SMILES string of the molecule is COC1OC(C=O)C(OCc2ccccc2)[C@H](OC)[C@H]1OC. The molecule has 1 fully saturated rings. The lowest BCUT2D eigenvalue weighted by Crippen LogP contribution is -2.60. The van der Waals surface area contributed by atoms with E-state index in [0.29, 0.717) is 12.9 Å². The molecule has 0 saturated carbocycles. The monoisotopic (exact) mass is 310 g/mol. The van der Waals surface area contributed by atoms with Crippen molar-refractivity contribution in [3.8, 4) is 0 Å². The highest BCUT2D eigenvalue weighted by atomic mass is 16.7. The minimum atomic E-state index is -0.773. The zero-order valence-electron chi connectivity index (χ0n) is 13.0. The van der Waals surface area contributed by atoms with E-state index in [1.165, 1.54) is 7.11 Å². The van der Waals surface area contributed by atoms with E-state index in [1.807, 2.05) is 30.3 Å². The maximum absolute atomic E-state index is 11.3. The van der Waals surface area contributed by atoms with Gasteiger partial charge in [-0.3, -0.25) is 0 Å². The number of benzene rings is 1. The molecule has 0 aliphatic carbocycles. The summed E-state index contributed by atoms with van der Waals surface area (Å²) in [4.78, 5) is 11.3. The molecule has 1 aromatic rings. The molecule has 0 N–H and O–H groups in total. The Kier molecular flexibility index (Phi) is 6.48. The predicted octanol–water partition coefficient (Wildman–Crippen LogP) is 1.17. The molecule has 1 saturated heterocycles. The zero-order chi connectivity index (χ0) is 15.9. The van der Waals surface area contributed by atoms with Crippen LogP contribution in [0.4, 0.5) is 0 Å². The predicted molar refractivity (Wildman–Crippen MR) is 78.3 cm³/mol. The first-order chi connectivity index (χ1) is 10.7. The van der Waals surface area contributed by atoms with Gasteiger partial charge in [0.25, 0.3) is 0 Å². The number of hydrogen-bond acceptors (Lipinski definition) is 6. The average Bonchev–Trinajstić information content (AvgIpc) is 2.59. The molecule has 1 aliphatic rings. The van der Waals surface area contributed by atoms with Gasteiger partial charge in [-0.1, -0.05) is 30.3 Å². The fourth-order valence-corrected chi connectivity index (χ4v) is 2.61. The van der Waals surface area contributed by atoms with Crippen molar-refractivity contribution in [3.05, 3.63) is 35.9 Å². The Labute approximate surface area is 130 Å². The van der Waals surface area contributed by atoms with Crippen molar-refractivity contribution in [1.29, 1.82) is 0 Å². The second-order valence-electron chi connectivity index (χ2n) is 5.00. The fraction of sp³-hybridized carbons (Fsp3) is 0.562. The van der Waals surface area contributed by atoms with Gasteiger partial charge in [0.2, 0.25) is 0 Å². The summed E-state index contributed by atoms with van der Waals surface area (Å²) in [6.07, 6.45) is -2.26. The molecule has 1 heterocycles. The quantitative estimate of drug-likeness (QED) is 0.705. The van der Waals surface area contributed by atoms with E-state index in [4.69, 9.17) is 23.7 Å². The van der Waals surface area contributed by atoms with Gasteiger partial charge in [0.15, 0.2) is 12.6 Å². The molecule has 2 rings (SSSR count). The summed E-state index contributed by atoms with van der Waals surface area (Å²) in [6.45, 7) is 0.354. The third-order valence-electron chi connectivity index (χ3n) is 3.73. The lowest BCUT2D eigenvalue weighted by Gasteiger charge is -2.43. The highest BCUT2D eigenvalue weighted by Crippen LogP contribution is 2.27. The summed E-state index contributed by atoms with van der Waals surface area (Å²) >= 11 is 0. The van der Waals surface area contributed by atoms with Crippen LogP contribution in [-0.4, -0.2) is 58.3 Å². The largest absolute Gasteiger partial charge is 0.376 e. The molecule has 22 heavy (non-hydrogen) atoms. The van der Waals surface area contributed by atoms with Gasteiger partial charge in [-0.2, -0.15) is 0 Å². The second-order valence-corrected chi connectivity index (χ2v) is 5.00. The van der Waals surface area contributed by atoms with Gasteiger partial charge in [-0.05, 0) is 5.56 Å². The first kappa shape index (κ1) is 17.1. The van der Waals surface area contributed by atoms with Gasteiger partial charge in [-0.25, -0.2) is 0 Å². The lowest BCUT2D eigenvalue weighted by molar-refractivity contribution is -0.298. The molecule has 0 amide bonds. The van der Waals surface area contributed by atoms with Crippen LogP contribution in [0.1, 0.15) is 5.56 Å². The maximum Gasteiger partial charge on any atom is 0.187 e. The molecule has 122 valence electrons. The summed E-state index contributed by atoms with van der Waals surface area (Å²) in [7, 11) is 4.59. The smallest absolute Gasteiger partial charge is 0.187 e. The molecule has 6 heteroatoms. The van der Waals surface area contributed by atoms with Crippen LogP contribution in [0.15, 0.2) is 30.3 Å². The van der Waals surface area contributed by atoms with E-state index in [1.54, 1.807) is 14.2 Å². The lowest BCUT2D eigenvalue weighted by atomic mass is 9.98. The number of hydrogen-bond donors (Lipinski definition) is 0. The summed E-state index contributed by atoms with van der Waals surface area (Å²) in [5.41, 5.74) is 1.00. The number of ether oxygens (including phenoxy) is 5. The normalized spacial score (nSPS) is 31.9. The highest BCUT2D eigenvalue weighted by molar-refractivity contribution is 5.57. The minimum absolute atomic E-state index is 0.354. The van der Waals surface area contributed by atoms with Crippen LogP contribution in [0.3, 0.4) is 0 Å². The number of carbonyl (C=O) groups excluding carboxylic acids is 1. The molecule has 1 aliphatic heterocycles. The Morgan fingerprint density at radius 2 is 1.68 bits per heavy atom. The maximum atomic E-state index is 11.3. The minimum Gasteiger partial charge on any atom is -0.376 e. The summed E-state index contributed by atoms with van der Waals surface area (Å²) in [6, 6.07) is 9.70. The van der Waals surface area contributed by atoms with E-state index in [9.17, 15) is 4.79 Å². The summed E-state index contributed by atoms with van der Waals surface area (Å²) < 4.78 is 27.6. The van der Waals surface area contributed by atoms with E-state index in [2.05, 4.69) is 0 Å². The zero-order valence-corrected chi connectivity index (χ0v) is 13.0. The Hall–Kier alpha value is -1.31. The topological polar surface area (TPSA) is 63.2 Å². The van der Waals surface area contributed by atoms with Gasteiger partial charge in [-0.15, -0.1) is 0 Å². The van der Waals surface area contributed by atoms with E-state index in [-0.39, 0.29) is 0 Å². The Bertz CT molecular complexity index is 451. The van der Waals surface area contributed by atoms with Gasteiger partial charge in [0.05, 0.1) is 6.61 Å². The third kappa shape index (κ3) is 3.71. The molecular weight excluding hydrogens is 288 g/mol. The van der Waals surface area contributed by atoms with Crippen LogP contribution >= 0.6 is 0 Å². The summed E-state index contributed by atoms with van der Waals surface area (Å²) in [5.74, 6) is 0. The van der Waals surface area contributed by atoms with Gasteiger partial charge in [0.1, 0.15) is 24.4 Å². The van der Waals surface area contributed by atoms with Gasteiger partial charge in [0, 0.05) is 21.3 Å². The Morgan fingerprint density at radius 3 is 2.23 bits per heavy atom. The first-order valence-corrected chi connectivity index (χ1v) is 7.09. The van der Waals surface area contributed by atoms with Crippen LogP contribution < -0.4 is 0 Å². The molecule has 5 atom stereocenters. The van der Waals surface area contributed by atoms with E-state index >= 15 is 0 Å². The van der Waals surface area contributed by atoms with Crippen molar-refractivity contribution in [3.63, 3.8) is 0 Å². The average molecular weight is 310 g/mol. The van der Waals surface area contributed by atoms with E-state index in [0.717, 1.165) is 5.56 Å². The molecule has 0 spiro atoms. The molecule has 1 aromatic carbocycles. The van der Waals surface area contributed by atoms with Crippen LogP contribution in [0.25, 0.3) is 0 Å². The fourth-order valence-electron chi connectivity index (χ4n) is 2.61. The van der Waals surface area contributed by atoms with Gasteiger partial charge >= 0.3 is 0 Å². The number of aldehydes is 1. The van der Waals surface area contributed by atoms with Crippen molar-refractivity contribution in [2.75, 3.05) is 21.3 Å². The molecule has 0 bridgehead atoms. The van der Waals surface area contributed by atoms with Crippen LogP contribution in [-0.2, 0) is 35.1 Å². The van der Waals surface area contributed by atoms with Crippen molar-refractivity contribution in [1.82, 2.24) is 0 Å². The van der Waals surface area contributed by atoms with Crippen LogP contribution in [0, 0.1) is 0 Å². The molecule has 0 aromatic heterocycles. The number of methoxy groups -OCH3 is 3. The number of rotatable bonds is 7. The van der Waals surface area contributed by atoms with E-state index < -0.39 is 30.7 Å². The highest BCUT2D eigenvalue weighted by Gasteiger charge is 2.47. The molecule has 3 unspecified atom stereocenters. The van der Waals surface area contributed by atoms with Crippen LogP contribution in [0.5, 0.6) is 0 Å². The summed E-state index contributed by atoms with van der Waals surface area (Å²) in [5, 5.41) is 0. The Morgan fingerprint density at radius 1 is 1.00 bits per heavy atom. The van der Waals surface area contributed by atoms with Crippen LogP contribution in [0.2, 0.25) is 0 Å². The van der Waals surface area contributed by atoms with Gasteiger partial charge < -0.3 is 28.5 Å².